The number of carbonyl (C=O) groups is 2. The molecule has 2 amide bonds. The highest BCUT2D eigenvalue weighted by atomic mass is 32.2. The maximum Gasteiger partial charge on any atom is 0.416 e. The topological polar surface area (TPSA) is 86.8 Å². The van der Waals surface area contributed by atoms with Crippen LogP contribution in [0.2, 0.25) is 0 Å². The van der Waals surface area contributed by atoms with Gasteiger partial charge in [-0.2, -0.15) is 13.2 Å². The van der Waals surface area contributed by atoms with Gasteiger partial charge >= 0.3 is 6.18 Å². The second kappa shape index (κ2) is 14.9. The fraction of sp³-hybridized carbons (Fsp3) is 0.355. The molecule has 0 aliphatic rings. The number of sulfonamides is 1. The Kier molecular flexibility index (Phi) is 11.6. The maximum atomic E-state index is 13.7. The van der Waals surface area contributed by atoms with Crippen molar-refractivity contribution in [3.63, 3.8) is 0 Å². The van der Waals surface area contributed by atoms with E-state index in [2.05, 4.69) is 5.32 Å². The predicted octanol–water partition coefficient (Wildman–Crippen LogP) is 5.42. The average molecular weight is 604 g/mol. The van der Waals surface area contributed by atoms with E-state index in [4.69, 9.17) is 0 Å². The zero-order valence-electron chi connectivity index (χ0n) is 23.7. The molecule has 0 spiro atoms. The van der Waals surface area contributed by atoms with Gasteiger partial charge in [-0.05, 0) is 42.2 Å². The lowest BCUT2D eigenvalue weighted by atomic mass is 10.0. The van der Waals surface area contributed by atoms with Gasteiger partial charge in [0.1, 0.15) is 6.04 Å². The van der Waals surface area contributed by atoms with E-state index in [1.165, 1.54) is 11.0 Å². The first kappa shape index (κ1) is 32.7. The van der Waals surface area contributed by atoms with Gasteiger partial charge in [0.2, 0.25) is 21.8 Å². The molecule has 3 rings (SSSR count). The lowest BCUT2D eigenvalue weighted by Gasteiger charge is -2.32. The molecule has 0 bridgehead atoms. The van der Waals surface area contributed by atoms with E-state index in [-0.39, 0.29) is 49.9 Å². The molecule has 11 heteroatoms. The van der Waals surface area contributed by atoms with Gasteiger partial charge in [0.05, 0.1) is 17.5 Å². The number of amides is 2. The molecule has 0 fully saturated rings. The van der Waals surface area contributed by atoms with Gasteiger partial charge in [-0.25, -0.2) is 8.42 Å². The third-order valence-corrected chi connectivity index (χ3v) is 7.82. The second-order valence-electron chi connectivity index (χ2n) is 9.99. The van der Waals surface area contributed by atoms with E-state index in [0.717, 1.165) is 39.9 Å². The fourth-order valence-electron chi connectivity index (χ4n) is 4.54. The summed E-state index contributed by atoms with van der Waals surface area (Å²) in [5.41, 5.74) is 0.573. The summed E-state index contributed by atoms with van der Waals surface area (Å²) in [6.07, 6.45) is -2.84. The van der Waals surface area contributed by atoms with Crippen molar-refractivity contribution >= 4 is 27.5 Å². The minimum Gasteiger partial charge on any atom is -0.354 e. The summed E-state index contributed by atoms with van der Waals surface area (Å²) >= 11 is 0. The molecule has 0 heterocycles. The molecule has 42 heavy (non-hydrogen) atoms. The summed E-state index contributed by atoms with van der Waals surface area (Å²) in [6.45, 7) is 2.31. The molecule has 1 atom stereocenters. The van der Waals surface area contributed by atoms with Crippen LogP contribution < -0.4 is 9.62 Å². The van der Waals surface area contributed by atoms with Gasteiger partial charge in [-0.1, -0.05) is 73.7 Å². The van der Waals surface area contributed by atoms with Crippen LogP contribution in [-0.2, 0) is 38.8 Å². The van der Waals surface area contributed by atoms with E-state index < -0.39 is 27.8 Å². The Bertz CT molecular complexity index is 1420. The summed E-state index contributed by atoms with van der Waals surface area (Å²) in [7, 11) is -3.95. The monoisotopic (exact) mass is 603 g/mol. The molecule has 0 radical (unpaired) electrons. The summed E-state index contributed by atoms with van der Waals surface area (Å²) in [5, 5.41) is 2.89. The van der Waals surface area contributed by atoms with Crippen molar-refractivity contribution in [1.82, 2.24) is 10.2 Å². The number of hydrogen-bond acceptors (Lipinski definition) is 4. The predicted molar refractivity (Wildman–Crippen MR) is 157 cm³/mol. The smallest absolute Gasteiger partial charge is 0.354 e. The zero-order valence-corrected chi connectivity index (χ0v) is 24.5. The third-order valence-electron chi connectivity index (χ3n) is 6.63. The third kappa shape index (κ3) is 9.61. The number of rotatable bonds is 14. The highest BCUT2D eigenvalue weighted by Crippen LogP contribution is 2.32. The number of halogens is 3. The van der Waals surface area contributed by atoms with E-state index in [0.29, 0.717) is 13.0 Å². The highest BCUT2D eigenvalue weighted by molar-refractivity contribution is 7.92. The first-order valence-corrected chi connectivity index (χ1v) is 15.5. The minimum atomic E-state index is -4.64. The SMILES string of the molecule is CCCNC(=O)[C@H](Cc1ccccc1)N(Cc1ccccc1)C(=O)CCCN(c1cccc(C(F)(F)F)c1)S(C)(=O)=O. The number of hydrogen-bond donors (Lipinski definition) is 1. The van der Waals surface area contributed by atoms with Crippen molar-refractivity contribution in [3.05, 3.63) is 102 Å². The first-order chi connectivity index (χ1) is 19.9. The van der Waals surface area contributed by atoms with Crippen LogP contribution in [0.4, 0.5) is 18.9 Å². The molecule has 0 saturated carbocycles. The van der Waals surface area contributed by atoms with Gasteiger partial charge in [0.25, 0.3) is 0 Å². The number of nitrogens with one attached hydrogen (secondary N) is 1. The van der Waals surface area contributed by atoms with Crippen LogP contribution in [0.3, 0.4) is 0 Å². The molecule has 7 nitrogen and oxygen atoms in total. The van der Waals surface area contributed by atoms with Crippen LogP contribution in [0.15, 0.2) is 84.9 Å². The number of benzene rings is 3. The Morgan fingerprint density at radius 1 is 0.905 bits per heavy atom. The summed E-state index contributed by atoms with van der Waals surface area (Å²) in [6, 6.07) is 21.8. The second-order valence-corrected chi connectivity index (χ2v) is 11.9. The number of alkyl halides is 3. The van der Waals surface area contributed by atoms with Gasteiger partial charge in [-0.3, -0.25) is 13.9 Å². The van der Waals surface area contributed by atoms with Crippen LogP contribution in [0.5, 0.6) is 0 Å². The molecule has 3 aromatic carbocycles. The highest BCUT2D eigenvalue weighted by Gasteiger charge is 2.32. The Morgan fingerprint density at radius 2 is 1.52 bits per heavy atom. The molecule has 0 unspecified atom stereocenters. The van der Waals surface area contributed by atoms with Crippen LogP contribution >= 0.6 is 0 Å². The number of anilines is 1. The lowest BCUT2D eigenvalue weighted by Crippen LogP contribution is -2.50. The molecule has 0 aliphatic carbocycles. The normalized spacial score (nSPS) is 12.4. The molecule has 1 N–H and O–H groups in total. The Labute approximate surface area is 245 Å². The standard InChI is InChI=1S/C31H36F3N3O4S/c1-3-19-35-30(39)28(21-24-12-6-4-7-13-24)36(23-25-14-8-5-9-15-25)29(38)18-11-20-37(42(2,40)41)27-17-10-16-26(22-27)31(32,33)34/h4-10,12-17,22,28H,3,11,18-21,23H2,1-2H3,(H,35,39)/t28-/m0/s1. The van der Waals surface area contributed by atoms with Crippen molar-refractivity contribution in [2.24, 2.45) is 0 Å². The first-order valence-electron chi connectivity index (χ1n) is 13.7. The summed E-state index contributed by atoms with van der Waals surface area (Å²) < 4.78 is 65.8. The summed E-state index contributed by atoms with van der Waals surface area (Å²) in [5.74, 6) is -0.671. The van der Waals surface area contributed by atoms with Gasteiger partial charge < -0.3 is 10.2 Å². The quantitative estimate of drug-likeness (QED) is 0.267. The average Bonchev–Trinajstić information content (AvgIpc) is 2.95. The molecule has 226 valence electrons. The number of carbonyl (C=O) groups excluding carboxylic acids is 2. The Morgan fingerprint density at radius 3 is 2.10 bits per heavy atom. The maximum absolute atomic E-state index is 13.7. The van der Waals surface area contributed by atoms with Crippen molar-refractivity contribution in [2.75, 3.05) is 23.7 Å². The Balaban J connectivity index is 1.86. The lowest BCUT2D eigenvalue weighted by molar-refractivity contribution is -0.141. The number of nitrogens with zero attached hydrogens (tertiary/aromatic N) is 2. The molecule has 0 aromatic heterocycles. The van der Waals surface area contributed by atoms with Crippen LogP contribution in [0.25, 0.3) is 0 Å². The van der Waals surface area contributed by atoms with Gasteiger partial charge in [-0.15, -0.1) is 0 Å². The van der Waals surface area contributed by atoms with Crippen molar-refractivity contribution in [1.29, 1.82) is 0 Å². The van der Waals surface area contributed by atoms with Crippen molar-refractivity contribution in [3.8, 4) is 0 Å². The summed E-state index contributed by atoms with van der Waals surface area (Å²) in [4.78, 5) is 28.6. The molecule has 0 saturated heterocycles. The van der Waals surface area contributed by atoms with Crippen LogP contribution in [0.1, 0.15) is 42.9 Å². The Hall–Kier alpha value is -3.86. The van der Waals surface area contributed by atoms with Crippen LogP contribution in [-0.4, -0.2) is 50.5 Å². The van der Waals surface area contributed by atoms with Crippen molar-refractivity contribution in [2.45, 2.75) is 51.4 Å². The molecule has 0 aliphatic heterocycles. The fourth-order valence-corrected chi connectivity index (χ4v) is 5.50. The largest absolute Gasteiger partial charge is 0.416 e. The van der Waals surface area contributed by atoms with E-state index in [1.807, 2.05) is 67.6 Å². The van der Waals surface area contributed by atoms with Gasteiger partial charge in [0, 0.05) is 32.5 Å². The van der Waals surface area contributed by atoms with Gasteiger partial charge in [0.15, 0.2) is 0 Å². The van der Waals surface area contributed by atoms with Crippen LogP contribution in [0, 0.1) is 0 Å². The minimum absolute atomic E-state index is 0.0298. The molecular formula is C31H36F3N3O4S. The van der Waals surface area contributed by atoms with E-state index >= 15 is 0 Å². The van der Waals surface area contributed by atoms with E-state index in [9.17, 15) is 31.2 Å². The zero-order chi connectivity index (χ0) is 30.8. The molecule has 3 aromatic rings. The van der Waals surface area contributed by atoms with E-state index in [1.54, 1.807) is 0 Å². The molecular weight excluding hydrogens is 567 g/mol. The van der Waals surface area contributed by atoms with Crippen molar-refractivity contribution < 1.29 is 31.2 Å².